The Morgan fingerprint density at radius 2 is 2.05 bits per heavy atom. The molecule has 0 unspecified atom stereocenters. The second kappa shape index (κ2) is 5.86. The van der Waals surface area contributed by atoms with Crippen LogP contribution in [0.15, 0.2) is 0 Å². The minimum Gasteiger partial charge on any atom is -0.389 e. The minimum atomic E-state index is -0.526. The number of nitrogens with zero attached hydrogens (tertiary/aromatic N) is 2. The summed E-state index contributed by atoms with van der Waals surface area (Å²) in [5.41, 5.74) is 0.606. The first-order chi connectivity index (χ1) is 10.0. The van der Waals surface area contributed by atoms with E-state index in [1.807, 2.05) is 0 Å². The summed E-state index contributed by atoms with van der Waals surface area (Å²) >= 11 is 1.77. The summed E-state index contributed by atoms with van der Waals surface area (Å²) in [4.78, 5) is 8.32. The van der Waals surface area contributed by atoms with E-state index in [9.17, 15) is 5.11 Å². The lowest BCUT2D eigenvalue weighted by Gasteiger charge is -2.48. The molecule has 1 aromatic heterocycles. The summed E-state index contributed by atoms with van der Waals surface area (Å²) in [6.07, 6.45) is 2.84. The molecular formula is C16H26N2O2S. The second-order valence-corrected chi connectivity index (χ2v) is 7.79. The van der Waals surface area contributed by atoms with Gasteiger partial charge in [-0.3, -0.25) is 0 Å². The molecule has 2 saturated heterocycles. The van der Waals surface area contributed by atoms with Crippen molar-refractivity contribution in [1.82, 2.24) is 4.98 Å². The molecule has 118 valence electrons. The summed E-state index contributed by atoms with van der Waals surface area (Å²) in [7, 11) is 0. The fourth-order valence-corrected chi connectivity index (χ4v) is 4.65. The highest BCUT2D eigenvalue weighted by Crippen LogP contribution is 2.41. The van der Waals surface area contributed by atoms with Crippen LogP contribution in [0.4, 0.5) is 5.13 Å². The minimum absolute atomic E-state index is 0.277. The molecule has 3 heterocycles. The van der Waals surface area contributed by atoms with Crippen LogP contribution in [-0.4, -0.2) is 42.0 Å². The third kappa shape index (κ3) is 2.83. The Hall–Kier alpha value is -0.650. The number of thiazole rings is 1. The fraction of sp³-hybridized carbons (Fsp3) is 0.812. The maximum Gasteiger partial charge on any atom is 0.185 e. The van der Waals surface area contributed by atoms with Gasteiger partial charge in [0, 0.05) is 37.1 Å². The van der Waals surface area contributed by atoms with Gasteiger partial charge in [0.1, 0.15) is 0 Å². The summed E-state index contributed by atoms with van der Waals surface area (Å²) in [5, 5.41) is 12.3. The molecule has 5 heteroatoms. The summed E-state index contributed by atoms with van der Waals surface area (Å²) < 4.78 is 5.45. The number of anilines is 1. The Morgan fingerprint density at radius 1 is 1.33 bits per heavy atom. The summed E-state index contributed by atoms with van der Waals surface area (Å²) in [6.45, 7) is 9.80. The first-order valence-electron chi connectivity index (χ1n) is 8.00. The van der Waals surface area contributed by atoms with Crippen molar-refractivity contribution in [2.75, 3.05) is 31.2 Å². The van der Waals surface area contributed by atoms with Crippen LogP contribution in [0.25, 0.3) is 0 Å². The zero-order chi connectivity index (χ0) is 15.0. The first kappa shape index (κ1) is 15.3. The SMILES string of the molecule is Cc1nc(N2CC[C@@](O)(C3CCOCC3)[C@H](C)C2)sc1C. The van der Waals surface area contributed by atoms with Crippen molar-refractivity contribution in [1.29, 1.82) is 0 Å². The van der Waals surface area contributed by atoms with Gasteiger partial charge in [0.25, 0.3) is 0 Å². The standard InChI is InChI=1S/C16H26N2O2S/c1-11-10-18(15-17-12(2)13(3)21-15)7-6-16(11,19)14-4-8-20-9-5-14/h11,14,19H,4-10H2,1-3H3/t11-,16+/m1/s1. The Balaban J connectivity index is 1.71. The van der Waals surface area contributed by atoms with Gasteiger partial charge in [0.05, 0.1) is 11.3 Å². The molecule has 0 aliphatic carbocycles. The Bertz CT molecular complexity index is 479. The molecule has 0 amide bonds. The van der Waals surface area contributed by atoms with Crippen molar-refractivity contribution in [2.24, 2.45) is 11.8 Å². The number of piperidine rings is 1. The van der Waals surface area contributed by atoms with Crippen LogP contribution >= 0.6 is 11.3 Å². The van der Waals surface area contributed by atoms with Gasteiger partial charge in [0.15, 0.2) is 5.13 Å². The molecule has 3 rings (SSSR count). The maximum absolute atomic E-state index is 11.2. The average molecular weight is 310 g/mol. The Labute approximate surface area is 131 Å². The van der Waals surface area contributed by atoms with Crippen LogP contribution in [0, 0.1) is 25.7 Å². The molecule has 2 aliphatic rings. The van der Waals surface area contributed by atoms with E-state index in [0.29, 0.717) is 5.92 Å². The summed E-state index contributed by atoms with van der Waals surface area (Å²) in [5.74, 6) is 0.669. The van der Waals surface area contributed by atoms with E-state index in [-0.39, 0.29) is 5.92 Å². The van der Waals surface area contributed by atoms with Gasteiger partial charge in [0.2, 0.25) is 0 Å². The Morgan fingerprint density at radius 3 is 2.62 bits per heavy atom. The van der Waals surface area contributed by atoms with Crippen LogP contribution in [0.3, 0.4) is 0 Å². The molecule has 2 fully saturated rings. The van der Waals surface area contributed by atoms with E-state index < -0.39 is 5.60 Å². The highest BCUT2D eigenvalue weighted by atomic mass is 32.1. The lowest BCUT2D eigenvalue weighted by atomic mass is 9.70. The van der Waals surface area contributed by atoms with Crippen LogP contribution < -0.4 is 4.90 Å². The van der Waals surface area contributed by atoms with Gasteiger partial charge in [-0.25, -0.2) is 4.98 Å². The van der Waals surface area contributed by atoms with Crippen molar-refractivity contribution in [3.63, 3.8) is 0 Å². The molecule has 1 aromatic rings. The molecule has 4 nitrogen and oxygen atoms in total. The number of aromatic nitrogens is 1. The predicted molar refractivity (Wildman–Crippen MR) is 86.1 cm³/mol. The van der Waals surface area contributed by atoms with E-state index in [4.69, 9.17) is 4.74 Å². The van der Waals surface area contributed by atoms with E-state index in [2.05, 4.69) is 30.7 Å². The molecule has 0 aromatic carbocycles. The lowest BCUT2D eigenvalue weighted by Crippen LogP contribution is -2.56. The first-order valence-corrected chi connectivity index (χ1v) is 8.81. The van der Waals surface area contributed by atoms with Crippen molar-refractivity contribution < 1.29 is 9.84 Å². The van der Waals surface area contributed by atoms with E-state index in [1.165, 1.54) is 4.88 Å². The molecule has 2 atom stereocenters. The van der Waals surface area contributed by atoms with Crippen molar-refractivity contribution >= 4 is 16.5 Å². The number of hydrogen-bond acceptors (Lipinski definition) is 5. The Kier molecular flexibility index (Phi) is 4.26. The molecule has 1 N–H and O–H groups in total. The molecule has 0 bridgehead atoms. The van der Waals surface area contributed by atoms with Crippen LogP contribution in [-0.2, 0) is 4.74 Å². The van der Waals surface area contributed by atoms with Gasteiger partial charge in [-0.15, -0.1) is 11.3 Å². The number of rotatable bonds is 2. The van der Waals surface area contributed by atoms with Crippen LogP contribution in [0.1, 0.15) is 36.8 Å². The van der Waals surface area contributed by atoms with Crippen LogP contribution in [0.5, 0.6) is 0 Å². The fourth-order valence-electron chi connectivity index (χ4n) is 3.71. The number of ether oxygens (including phenoxy) is 1. The zero-order valence-electron chi connectivity index (χ0n) is 13.3. The number of hydrogen-bond donors (Lipinski definition) is 1. The molecule has 0 spiro atoms. The average Bonchev–Trinajstić information content (AvgIpc) is 2.82. The third-order valence-electron chi connectivity index (χ3n) is 5.35. The van der Waals surface area contributed by atoms with Gasteiger partial charge < -0.3 is 14.7 Å². The van der Waals surface area contributed by atoms with Crippen molar-refractivity contribution in [3.8, 4) is 0 Å². The number of aliphatic hydroxyl groups is 1. The summed E-state index contributed by atoms with van der Waals surface area (Å²) in [6, 6.07) is 0. The van der Waals surface area contributed by atoms with Crippen LogP contribution in [0.2, 0.25) is 0 Å². The largest absolute Gasteiger partial charge is 0.389 e. The van der Waals surface area contributed by atoms with E-state index in [0.717, 1.165) is 56.4 Å². The topological polar surface area (TPSA) is 45.6 Å². The maximum atomic E-state index is 11.2. The van der Waals surface area contributed by atoms with E-state index in [1.54, 1.807) is 11.3 Å². The highest BCUT2D eigenvalue weighted by molar-refractivity contribution is 7.15. The van der Waals surface area contributed by atoms with Gasteiger partial charge in [-0.2, -0.15) is 0 Å². The lowest BCUT2D eigenvalue weighted by molar-refractivity contribution is -0.108. The zero-order valence-corrected chi connectivity index (χ0v) is 14.1. The second-order valence-electron chi connectivity index (χ2n) is 6.61. The third-order valence-corrected chi connectivity index (χ3v) is 6.48. The molecule has 2 aliphatic heterocycles. The molecule has 0 saturated carbocycles. The number of aryl methyl sites for hydroxylation is 2. The molecule has 0 radical (unpaired) electrons. The van der Waals surface area contributed by atoms with Gasteiger partial charge in [-0.1, -0.05) is 6.92 Å². The predicted octanol–water partition coefficient (Wildman–Crippen LogP) is 2.76. The monoisotopic (exact) mass is 310 g/mol. The van der Waals surface area contributed by atoms with Gasteiger partial charge >= 0.3 is 0 Å². The van der Waals surface area contributed by atoms with Gasteiger partial charge in [-0.05, 0) is 39.0 Å². The molecular weight excluding hydrogens is 284 g/mol. The van der Waals surface area contributed by atoms with Crippen molar-refractivity contribution in [3.05, 3.63) is 10.6 Å². The van der Waals surface area contributed by atoms with E-state index >= 15 is 0 Å². The van der Waals surface area contributed by atoms with Crippen molar-refractivity contribution in [2.45, 2.75) is 45.6 Å². The molecule has 21 heavy (non-hydrogen) atoms. The normalized spacial score (nSPS) is 31.6. The quantitative estimate of drug-likeness (QED) is 0.912. The highest BCUT2D eigenvalue weighted by Gasteiger charge is 2.45. The smallest absolute Gasteiger partial charge is 0.185 e.